The lowest BCUT2D eigenvalue weighted by Crippen LogP contribution is -2.33. The highest BCUT2D eigenvalue weighted by Gasteiger charge is 2.07. The molecule has 0 heterocycles. The zero-order chi connectivity index (χ0) is 15.8. The van der Waals surface area contributed by atoms with E-state index in [0.29, 0.717) is 19.7 Å². The molecule has 4 nitrogen and oxygen atoms in total. The van der Waals surface area contributed by atoms with Crippen LogP contribution in [0.1, 0.15) is 5.56 Å². The van der Waals surface area contributed by atoms with Crippen LogP contribution < -0.4 is 10.1 Å². The SMILES string of the molecule is Cc1cccc(OCCN(C)CC(=O)Nc2ccccc2)c1. The highest BCUT2D eigenvalue weighted by molar-refractivity contribution is 5.92. The molecular formula is C18H22N2O2. The van der Waals surface area contributed by atoms with E-state index in [-0.39, 0.29) is 5.91 Å². The molecule has 116 valence electrons. The first-order chi connectivity index (χ1) is 10.6. The maximum absolute atomic E-state index is 11.9. The summed E-state index contributed by atoms with van der Waals surface area (Å²) < 4.78 is 5.68. The van der Waals surface area contributed by atoms with Crippen LogP contribution in [0.3, 0.4) is 0 Å². The highest BCUT2D eigenvalue weighted by atomic mass is 16.5. The van der Waals surface area contributed by atoms with E-state index in [1.807, 2.05) is 73.5 Å². The molecule has 0 fully saturated rings. The number of ether oxygens (including phenoxy) is 1. The molecule has 0 unspecified atom stereocenters. The number of hydrogen-bond donors (Lipinski definition) is 1. The third-order valence-corrected chi connectivity index (χ3v) is 3.20. The van der Waals surface area contributed by atoms with Crippen molar-refractivity contribution >= 4 is 11.6 Å². The number of likely N-dealkylation sites (N-methyl/N-ethyl adjacent to an activating group) is 1. The van der Waals surface area contributed by atoms with Crippen LogP contribution in [-0.2, 0) is 4.79 Å². The second kappa shape index (κ2) is 8.20. The molecule has 2 rings (SSSR count). The van der Waals surface area contributed by atoms with E-state index in [9.17, 15) is 4.79 Å². The zero-order valence-corrected chi connectivity index (χ0v) is 13.1. The number of anilines is 1. The van der Waals surface area contributed by atoms with Gasteiger partial charge in [0, 0.05) is 12.2 Å². The normalized spacial score (nSPS) is 10.5. The minimum atomic E-state index is -0.0238. The Morgan fingerprint density at radius 3 is 2.64 bits per heavy atom. The maximum atomic E-state index is 11.9. The standard InChI is InChI=1S/C18H22N2O2/c1-15-7-6-10-17(13-15)22-12-11-20(2)14-18(21)19-16-8-4-3-5-9-16/h3-10,13H,11-12,14H2,1-2H3,(H,19,21). The molecule has 0 aliphatic carbocycles. The minimum Gasteiger partial charge on any atom is -0.492 e. The summed E-state index contributed by atoms with van der Waals surface area (Å²) in [5.74, 6) is 0.839. The largest absolute Gasteiger partial charge is 0.492 e. The molecule has 0 aromatic heterocycles. The first kappa shape index (κ1) is 16.0. The number of carbonyl (C=O) groups is 1. The van der Waals surface area contributed by atoms with Crippen molar-refractivity contribution in [2.45, 2.75) is 6.92 Å². The van der Waals surface area contributed by atoms with Crippen molar-refractivity contribution in [3.63, 3.8) is 0 Å². The van der Waals surface area contributed by atoms with Gasteiger partial charge in [0.25, 0.3) is 0 Å². The Balaban J connectivity index is 1.69. The molecule has 2 aromatic rings. The fraction of sp³-hybridized carbons (Fsp3) is 0.278. The van der Waals surface area contributed by atoms with Gasteiger partial charge in [-0.1, -0.05) is 30.3 Å². The molecule has 4 heteroatoms. The van der Waals surface area contributed by atoms with E-state index < -0.39 is 0 Å². The van der Waals surface area contributed by atoms with E-state index >= 15 is 0 Å². The van der Waals surface area contributed by atoms with Gasteiger partial charge in [-0.2, -0.15) is 0 Å². The molecule has 2 aromatic carbocycles. The van der Waals surface area contributed by atoms with Crippen LogP contribution in [0, 0.1) is 6.92 Å². The summed E-state index contributed by atoms with van der Waals surface area (Å²) >= 11 is 0. The highest BCUT2D eigenvalue weighted by Crippen LogP contribution is 2.12. The lowest BCUT2D eigenvalue weighted by molar-refractivity contribution is -0.117. The quantitative estimate of drug-likeness (QED) is 0.854. The van der Waals surface area contributed by atoms with E-state index in [2.05, 4.69) is 5.32 Å². The Hall–Kier alpha value is -2.33. The maximum Gasteiger partial charge on any atom is 0.238 e. The van der Waals surface area contributed by atoms with Crippen LogP contribution >= 0.6 is 0 Å². The van der Waals surface area contributed by atoms with Crippen LogP contribution in [0.25, 0.3) is 0 Å². The number of carbonyl (C=O) groups excluding carboxylic acids is 1. The molecular weight excluding hydrogens is 276 g/mol. The molecule has 1 N–H and O–H groups in total. The van der Waals surface area contributed by atoms with Gasteiger partial charge < -0.3 is 10.1 Å². The predicted molar refractivity (Wildman–Crippen MR) is 89.2 cm³/mol. The Morgan fingerprint density at radius 2 is 1.91 bits per heavy atom. The predicted octanol–water partition coefficient (Wildman–Crippen LogP) is 2.94. The van der Waals surface area contributed by atoms with Crippen LogP contribution in [0.2, 0.25) is 0 Å². The average molecular weight is 298 g/mol. The van der Waals surface area contributed by atoms with Gasteiger partial charge in [-0.3, -0.25) is 9.69 Å². The average Bonchev–Trinajstić information content (AvgIpc) is 2.48. The Morgan fingerprint density at radius 1 is 1.14 bits per heavy atom. The molecule has 0 aliphatic heterocycles. The third kappa shape index (κ3) is 5.58. The zero-order valence-electron chi connectivity index (χ0n) is 13.1. The molecule has 0 aliphatic rings. The van der Waals surface area contributed by atoms with Crippen LogP contribution in [0.5, 0.6) is 5.75 Å². The topological polar surface area (TPSA) is 41.6 Å². The van der Waals surface area contributed by atoms with E-state index in [1.165, 1.54) is 5.56 Å². The second-order valence-corrected chi connectivity index (χ2v) is 5.32. The van der Waals surface area contributed by atoms with Gasteiger partial charge in [0.15, 0.2) is 0 Å². The third-order valence-electron chi connectivity index (χ3n) is 3.20. The summed E-state index contributed by atoms with van der Waals surface area (Å²) in [6.07, 6.45) is 0. The van der Waals surface area contributed by atoms with Crippen molar-refractivity contribution < 1.29 is 9.53 Å². The first-order valence-electron chi connectivity index (χ1n) is 7.36. The molecule has 22 heavy (non-hydrogen) atoms. The van der Waals surface area contributed by atoms with Crippen molar-refractivity contribution in [3.05, 3.63) is 60.2 Å². The summed E-state index contributed by atoms with van der Waals surface area (Å²) in [5.41, 5.74) is 1.99. The number of nitrogens with zero attached hydrogens (tertiary/aromatic N) is 1. The number of para-hydroxylation sites is 1. The molecule has 0 radical (unpaired) electrons. The lowest BCUT2D eigenvalue weighted by Gasteiger charge is -2.16. The van der Waals surface area contributed by atoms with Gasteiger partial charge in [-0.05, 0) is 43.8 Å². The van der Waals surface area contributed by atoms with Crippen LogP contribution in [-0.4, -0.2) is 37.6 Å². The van der Waals surface area contributed by atoms with Gasteiger partial charge in [-0.25, -0.2) is 0 Å². The van der Waals surface area contributed by atoms with Crippen molar-refractivity contribution in [1.29, 1.82) is 0 Å². The van der Waals surface area contributed by atoms with E-state index in [4.69, 9.17) is 4.74 Å². The number of benzene rings is 2. The van der Waals surface area contributed by atoms with Crippen molar-refractivity contribution in [2.75, 3.05) is 32.1 Å². The number of rotatable bonds is 7. The van der Waals surface area contributed by atoms with Crippen LogP contribution in [0.15, 0.2) is 54.6 Å². The summed E-state index contributed by atoms with van der Waals surface area (Å²) in [7, 11) is 1.91. The van der Waals surface area contributed by atoms with Crippen molar-refractivity contribution in [3.8, 4) is 5.75 Å². The number of aryl methyl sites for hydroxylation is 1. The minimum absolute atomic E-state index is 0.0238. The summed E-state index contributed by atoms with van der Waals surface area (Å²) in [4.78, 5) is 13.8. The van der Waals surface area contributed by atoms with Gasteiger partial charge in [0.1, 0.15) is 12.4 Å². The summed E-state index contributed by atoms with van der Waals surface area (Å²) in [6, 6.07) is 17.4. The molecule has 0 saturated carbocycles. The molecule has 0 bridgehead atoms. The number of amides is 1. The van der Waals surface area contributed by atoms with Gasteiger partial charge in [-0.15, -0.1) is 0 Å². The smallest absolute Gasteiger partial charge is 0.238 e. The molecule has 0 atom stereocenters. The second-order valence-electron chi connectivity index (χ2n) is 5.32. The van der Waals surface area contributed by atoms with Gasteiger partial charge >= 0.3 is 0 Å². The molecule has 0 spiro atoms. The molecule has 0 saturated heterocycles. The Labute approximate surface area is 131 Å². The Kier molecular flexibility index (Phi) is 5.98. The van der Waals surface area contributed by atoms with Gasteiger partial charge in [0.05, 0.1) is 6.54 Å². The number of hydrogen-bond acceptors (Lipinski definition) is 3. The van der Waals surface area contributed by atoms with E-state index in [0.717, 1.165) is 11.4 Å². The first-order valence-corrected chi connectivity index (χ1v) is 7.36. The number of nitrogens with one attached hydrogen (secondary N) is 1. The molecule has 1 amide bonds. The summed E-state index contributed by atoms with van der Waals surface area (Å²) in [5, 5.41) is 2.87. The fourth-order valence-electron chi connectivity index (χ4n) is 2.07. The van der Waals surface area contributed by atoms with Crippen LogP contribution in [0.4, 0.5) is 5.69 Å². The monoisotopic (exact) mass is 298 g/mol. The van der Waals surface area contributed by atoms with Crippen molar-refractivity contribution in [1.82, 2.24) is 4.90 Å². The lowest BCUT2D eigenvalue weighted by atomic mass is 10.2. The summed E-state index contributed by atoms with van der Waals surface area (Å²) in [6.45, 7) is 3.62. The Bertz CT molecular complexity index is 599. The fourth-order valence-corrected chi connectivity index (χ4v) is 2.07. The van der Waals surface area contributed by atoms with Crippen molar-refractivity contribution in [2.24, 2.45) is 0 Å². The van der Waals surface area contributed by atoms with Gasteiger partial charge in [0.2, 0.25) is 5.91 Å². The van der Waals surface area contributed by atoms with E-state index in [1.54, 1.807) is 0 Å².